The molecule has 1 aliphatic rings. The van der Waals surface area contributed by atoms with Crippen molar-refractivity contribution in [2.24, 2.45) is 0 Å². The number of amides is 1. The molecule has 3 aromatic carbocycles. The maximum atomic E-state index is 13.2. The van der Waals surface area contributed by atoms with Crippen LogP contribution in [0.5, 0.6) is 5.75 Å². The molecule has 0 radical (unpaired) electrons. The maximum absolute atomic E-state index is 13.2. The SMILES string of the molecule is COc1ccccc1CNC(=O)c1cccc(S(=O)(=O)N2CCc3ccccc3C2)c1. The van der Waals surface area contributed by atoms with Crippen molar-refractivity contribution >= 4 is 15.9 Å². The Morgan fingerprint density at radius 1 is 1.00 bits per heavy atom. The molecule has 160 valence electrons. The second kappa shape index (κ2) is 8.91. The van der Waals surface area contributed by atoms with Crippen LogP contribution in [0.2, 0.25) is 0 Å². The van der Waals surface area contributed by atoms with Crippen molar-refractivity contribution in [3.05, 3.63) is 95.1 Å². The Labute approximate surface area is 182 Å². The average molecular weight is 437 g/mol. The third-order valence-electron chi connectivity index (χ3n) is 5.46. The van der Waals surface area contributed by atoms with Crippen molar-refractivity contribution in [1.29, 1.82) is 0 Å². The first kappa shape index (κ1) is 21.1. The standard InChI is InChI=1S/C24H24N2O4S/c1-30-23-12-5-4-8-20(23)16-25-24(27)19-10-6-11-22(15-19)31(28,29)26-14-13-18-7-2-3-9-21(18)17-26/h2-12,15H,13-14,16-17H2,1H3,(H,25,27). The highest BCUT2D eigenvalue weighted by molar-refractivity contribution is 7.89. The molecule has 3 aromatic rings. The topological polar surface area (TPSA) is 75.7 Å². The summed E-state index contributed by atoms with van der Waals surface area (Å²) in [6.45, 7) is 1.04. The predicted octanol–water partition coefficient (Wildman–Crippen LogP) is 3.37. The van der Waals surface area contributed by atoms with E-state index in [0.29, 0.717) is 30.8 Å². The van der Waals surface area contributed by atoms with Gasteiger partial charge in [-0.1, -0.05) is 48.5 Å². The molecule has 0 atom stereocenters. The summed E-state index contributed by atoms with van der Waals surface area (Å²) < 4.78 is 33.2. The first-order valence-corrected chi connectivity index (χ1v) is 11.5. The first-order valence-electron chi connectivity index (χ1n) is 10.1. The highest BCUT2D eigenvalue weighted by atomic mass is 32.2. The van der Waals surface area contributed by atoms with Crippen LogP contribution in [0.4, 0.5) is 0 Å². The number of carbonyl (C=O) groups is 1. The van der Waals surface area contributed by atoms with Gasteiger partial charge in [-0.3, -0.25) is 4.79 Å². The zero-order valence-electron chi connectivity index (χ0n) is 17.2. The van der Waals surface area contributed by atoms with Gasteiger partial charge in [0.2, 0.25) is 10.0 Å². The number of fused-ring (bicyclic) bond motifs is 1. The number of benzene rings is 3. The summed E-state index contributed by atoms with van der Waals surface area (Å²) in [5.41, 5.74) is 3.34. The smallest absolute Gasteiger partial charge is 0.251 e. The summed E-state index contributed by atoms with van der Waals surface area (Å²) >= 11 is 0. The fourth-order valence-corrected chi connectivity index (χ4v) is 5.21. The van der Waals surface area contributed by atoms with Crippen LogP contribution < -0.4 is 10.1 Å². The molecule has 4 rings (SSSR count). The van der Waals surface area contributed by atoms with Crippen molar-refractivity contribution in [1.82, 2.24) is 9.62 Å². The number of para-hydroxylation sites is 1. The lowest BCUT2D eigenvalue weighted by Gasteiger charge is -2.28. The van der Waals surface area contributed by atoms with E-state index in [9.17, 15) is 13.2 Å². The van der Waals surface area contributed by atoms with Crippen molar-refractivity contribution in [3.8, 4) is 5.75 Å². The number of nitrogens with zero attached hydrogens (tertiary/aromatic N) is 1. The van der Waals surface area contributed by atoms with E-state index in [0.717, 1.165) is 11.1 Å². The van der Waals surface area contributed by atoms with Gasteiger partial charge in [-0.05, 0) is 41.8 Å². The van der Waals surface area contributed by atoms with Crippen LogP contribution in [0.1, 0.15) is 27.0 Å². The van der Waals surface area contributed by atoms with Crippen LogP contribution in [-0.2, 0) is 29.5 Å². The van der Waals surface area contributed by atoms with Crippen LogP contribution in [0, 0.1) is 0 Å². The number of ether oxygens (including phenoxy) is 1. The summed E-state index contributed by atoms with van der Waals surface area (Å²) in [4.78, 5) is 12.8. The summed E-state index contributed by atoms with van der Waals surface area (Å²) in [5, 5.41) is 2.83. The molecule has 0 saturated carbocycles. The van der Waals surface area contributed by atoms with Crippen LogP contribution in [0.15, 0.2) is 77.7 Å². The zero-order valence-corrected chi connectivity index (χ0v) is 18.1. The molecule has 0 spiro atoms. The molecule has 0 aromatic heterocycles. The highest BCUT2D eigenvalue weighted by Gasteiger charge is 2.28. The Bertz CT molecular complexity index is 1210. The number of sulfonamides is 1. The fraction of sp³-hybridized carbons (Fsp3) is 0.208. The molecule has 0 saturated heterocycles. The molecule has 1 N–H and O–H groups in total. The van der Waals surface area contributed by atoms with Crippen LogP contribution in [0.25, 0.3) is 0 Å². The van der Waals surface area contributed by atoms with Crippen molar-refractivity contribution < 1.29 is 17.9 Å². The van der Waals surface area contributed by atoms with Gasteiger partial charge in [0.1, 0.15) is 5.75 Å². The van der Waals surface area contributed by atoms with E-state index in [1.807, 2.05) is 48.5 Å². The van der Waals surface area contributed by atoms with Gasteiger partial charge in [-0.25, -0.2) is 8.42 Å². The Morgan fingerprint density at radius 3 is 2.55 bits per heavy atom. The van der Waals surface area contributed by atoms with Crippen LogP contribution in [-0.4, -0.2) is 32.3 Å². The monoisotopic (exact) mass is 436 g/mol. The van der Waals surface area contributed by atoms with E-state index >= 15 is 0 Å². The lowest BCUT2D eigenvalue weighted by Crippen LogP contribution is -2.36. The van der Waals surface area contributed by atoms with Gasteiger partial charge in [0, 0.05) is 30.8 Å². The Morgan fingerprint density at radius 2 is 1.74 bits per heavy atom. The predicted molar refractivity (Wildman–Crippen MR) is 118 cm³/mol. The van der Waals surface area contributed by atoms with E-state index in [1.165, 1.54) is 22.0 Å². The number of methoxy groups -OCH3 is 1. The molecule has 1 amide bonds. The lowest BCUT2D eigenvalue weighted by molar-refractivity contribution is 0.0950. The normalized spacial score (nSPS) is 14.0. The molecule has 1 aliphatic heterocycles. The second-order valence-electron chi connectivity index (χ2n) is 7.38. The summed E-state index contributed by atoms with van der Waals surface area (Å²) in [7, 11) is -2.13. The number of rotatable bonds is 6. The minimum Gasteiger partial charge on any atom is -0.496 e. The van der Waals surface area contributed by atoms with E-state index in [4.69, 9.17) is 4.74 Å². The minimum absolute atomic E-state index is 0.122. The quantitative estimate of drug-likeness (QED) is 0.643. The van der Waals surface area contributed by atoms with Crippen molar-refractivity contribution in [2.75, 3.05) is 13.7 Å². The van der Waals surface area contributed by atoms with Crippen molar-refractivity contribution in [2.45, 2.75) is 24.4 Å². The Balaban J connectivity index is 1.50. The molecule has 0 aliphatic carbocycles. The molecule has 0 bridgehead atoms. The number of hydrogen-bond donors (Lipinski definition) is 1. The minimum atomic E-state index is -3.71. The molecule has 0 unspecified atom stereocenters. The van der Waals surface area contributed by atoms with E-state index in [2.05, 4.69) is 5.32 Å². The summed E-state index contributed by atoms with van der Waals surface area (Å²) in [5.74, 6) is 0.344. The van der Waals surface area contributed by atoms with Gasteiger partial charge in [-0.15, -0.1) is 0 Å². The molecule has 1 heterocycles. The second-order valence-corrected chi connectivity index (χ2v) is 9.32. The van der Waals surface area contributed by atoms with E-state index < -0.39 is 10.0 Å². The average Bonchev–Trinajstić information content (AvgIpc) is 2.82. The third-order valence-corrected chi connectivity index (χ3v) is 7.30. The van der Waals surface area contributed by atoms with Crippen LogP contribution in [0.3, 0.4) is 0 Å². The summed E-state index contributed by atoms with van der Waals surface area (Å²) in [6, 6.07) is 21.5. The van der Waals surface area contributed by atoms with E-state index in [-0.39, 0.29) is 17.3 Å². The van der Waals surface area contributed by atoms with Crippen molar-refractivity contribution in [3.63, 3.8) is 0 Å². The Kier molecular flexibility index (Phi) is 6.06. The molecular formula is C24H24N2O4S. The molecular weight excluding hydrogens is 412 g/mol. The van der Waals surface area contributed by atoms with Crippen LogP contribution >= 0.6 is 0 Å². The largest absolute Gasteiger partial charge is 0.496 e. The van der Waals surface area contributed by atoms with E-state index in [1.54, 1.807) is 19.2 Å². The third kappa shape index (κ3) is 4.47. The number of hydrogen-bond acceptors (Lipinski definition) is 4. The molecule has 31 heavy (non-hydrogen) atoms. The maximum Gasteiger partial charge on any atom is 0.251 e. The molecule has 6 nitrogen and oxygen atoms in total. The zero-order chi connectivity index (χ0) is 21.8. The molecule has 7 heteroatoms. The Hall–Kier alpha value is -3.16. The molecule has 0 fully saturated rings. The van der Waals surface area contributed by atoms with Gasteiger partial charge < -0.3 is 10.1 Å². The summed E-state index contributed by atoms with van der Waals surface area (Å²) in [6.07, 6.45) is 0.675. The van der Waals surface area contributed by atoms with Gasteiger partial charge in [0.25, 0.3) is 5.91 Å². The number of carbonyl (C=O) groups excluding carboxylic acids is 1. The number of nitrogens with one attached hydrogen (secondary N) is 1. The fourth-order valence-electron chi connectivity index (χ4n) is 3.75. The van der Waals surface area contributed by atoms with Gasteiger partial charge in [0.15, 0.2) is 0 Å². The van der Waals surface area contributed by atoms with Gasteiger partial charge in [0.05, 0.1) is 12.0 Å². The lowest BCUT2D eigenvalue weighted by atomic mass is 10.0. The van der Waals surface area contributed by atoms with Gasteiger partial charge in [-0.2, -0.15) is 4.31 Å². The highest BCUT2D eigenvalue weighted by Crippen LogP contribution is 2.25. The first-order chi connectivity index (χ1) is 15.0. The van der Waals surface area contributed by atoms with Gasteiger partial charge >= 0.3 is 0 Å².